The molecule has 3 nitrogen and oxygen atoms in total. The predicted molar refractivity (Wildman–Crippen MR) is 89.8 cm³/mol. The number of halogens is 1. The van der Waals surface area contributed by atoms with E-state index in [0.717, 1.165) is 29.7 Å². The zero-order valence-electron chi connectivity index (χ0n) is 13.4. The first kappa shape index (κ1) is 15.5. The molecule has 1 atom stereocenters. The van der Waals surface area contributed by atoms with Gasteiger partial charge < -0.3 is 10.6 Å². The summed E-state index contributed by atoms with van der Waals surface area (Å²) in [4.78, 5) is 12.6. The number of hydrogen-bond acceptors (Lipinski definition) is 2. The summed E-state index contributed by atoms with van der Waals surface area (Å²) in [6, 6.07) is 11.8. The van der Waals surface area contributed by atoms with Crippen LogP contribution in [0.15, 0.2) is 42.5 Å². The summed E-state index contributed by atoms with van der Waals surface area (Å²) in [5.41, 5.74) is 4.00. The number of rotatable bonds is 5. The number of carbonyl (C=O) groups is 1. The van der Waals surface area contributed by atoms with Gasteiger partial charge in [-0.25, -0.2) is 4.39 Å². The topological polar surface area (TPSA) is 41.1 Å². The van der Waals surface area contributed by atoms with Gasteiger partial charge in [-0.05, 0) is 67.6 Å². The van der Waals surface area contributed by atoms with Gasteiger partial charge in [0.05, 0.1) is 0 Å². The van der Waals surface area contributed by atoms with Crippen LogP contribution in [0.5, 0.6) is 0 Å². The van der Waals surface area contributed by atoms with Crippen LogP contribution in [0.2, 0.25) is 0 Å². The number of benzene rings is 2. The van der Waals surface area contributed by atoms with E-state index in [9.17, 15) is 9.18 Å². The lowest BCUT2D eigenvalue weighted by Gasteiger charge is -2.20. The van der Waals surface area contributed by atoms with Crippen molar-refractivity contribution in [2.75, 3.05) is 5.32 Å². The van der Waals surface area contributed by atoms with Crippen molar-refractivity contribution in [2.24, 2.45) is 0 Å². The molecule has 2 aromatic carbocycles. The molecule has 0 aromatic heterocycles. The Morgan fingerprint density at radius 2 is 1.78 bits per heavy atom. The SMILES string of the molecule is Cc1ccc(NC(C(=O)NC2CC2)c2ccc(F)cc2)cc1C. The fraction of sp³-hybridized carbons (Fsp3) is 0.316. The number of hydrogen-bond donors (Lipinski definition) is 2. The summed E-state index contributed by atoms with van der Waals surface area (Å²) in [5, 5.41) is 6.30. The van der Waals surface area contributed by atoms with Crippen molar-refractivity contribution in [1.82, 2.24) is 5.32 Å². The van der Waals surface area contributed by atoms with Gasteiger partial charge in [0.15, 0.2) is 0 Å². The monoisotopic (exact) mass is 312 g/mol. The van der Waals surface area contributed by atoms with E-state index in [4.69, 9.17) is 0 Å². The summed E-state index contributed by atoms with van der Waals surface area (Å²) in [5.74, 6) is -0.376. The molecule has 1 aliphatic carbocycles. The van der Waals surface area contributed by atoms with Gasteiger partial charge in [0.2, 0.25) is 5.91 Å². The van der Waals surface area contributed by atoms with Gasteiger partial charge in [-0.15, -0.1) is 0 Å². The Morgan fingerprint density at radius 1 is 1.09 bits per heavy atom. The van der Waals surface area contributed by atoms with E-state index in [1.54, 1.807) is 12.1 Å². The van der Waals surface area contributed by atoms with Crippen LogP contribution in [-0.2, 0) is 4.79 Å². The van der Waals surface area contributed by atoms with Crippen molar-refractivity contribution in [1.29, 1.82) is 0 Å². The van der Waals surface area contributed by atoms with Gasteiger partial charge in [0.1, 0.15) is 11.9 Å². The van der Waals surface area contributed by atoms with Crippen LogP contribution in [0, 0.1) is 19.7 Å². The summed E-state index contributed by atoms with van der Waals surface area (Å²) in [7, 11) is 0. The second-order valence-electron chi connectivity index (χ2n) is 6.21. The van der Waals surface area contributed by atoms with Crippen molar-refractivity contribution in [3.05, 3.63) is 65.0 Å². The molecule has 0 bridgehead atoms. The van der Waals surface area contributed by atoms with Crippen molar-refractivity contribution in [3.8, 4) is 0 Å². The molecule has 1 fully saturated rings. The van der Waals surface area contributed by atoms with Gasteiger partial charge in [0.25, 0.3) is 0 Å². The van der Waals surface area contributed by atoms with Crippen LogP contribution in [0.25, 0.3) is 0 Å². The minimum atomic E-state index is -0.529. The fourth-order valence-corrected chi connectivity index (χ4v) is 2.47. The van der Waals surface area contributed by atoms with Crippen molar-refractivity contribution >= 4 is 11.6 Å². The molecule has 3 rings (SSSR count). The average Bonchev–Trinajstić information content (AvgIpc) is 3.33. The van der Waals surface area contributed by atoms with E-state index in [1.165, 1.54) is 17.7 Å². The molecule has 1 amide bonds. The number of anilines is 1. The maximum Gasteiger partial charge on any atom is 0.247 e. The van der Waals surface area contributed by atoms with E-state index in [-0.39, 0.29) is 17.8 Å². The molecule has 1 aliphatic rings. The highest BCUT2D eigenvalue weighted by molar-refractivity contribution is 5.86. The molecule has 0 aliphatic heterocycles. The molecule has 23 heavy (non-hydrogen) atoms. The highest BCUT2D eigenvalue weighted by atomic mass is 19.1. The lowest BCUT2D eigenvalue weighted by molar-refractivity contribution is -0.122. The Balaban J connectivity index is 1.85. The Morgan fingerprint density at radius 3 is 2.39 bits per heavy atom. The Bertz CT molecular complexity index is 708. The second-order valence-corrected chi connectivity index (χ2v) is 6.21. The van der Waals surface area contributed by atoms with Crippen molar-refractivity contribution in [2.45, 2.75) is 38.8 Å². The third kappa shape index (κ3) is 3.89. The van der Waals surface area contributed by atoms with E-state index in [0.29, 0.717) is 0 Å². The van der Waals surface area contributed by atoms with E-state index < -0.39 is 6.04 Å². The minimum absolute atomic E-state index is 0.0719. The molecule has 0 spiro atoms. The van der Waals surface area contributed by atoms with Crippen LogP contribution in [-0.4, -0.2) is 11.9 Å². The molecule has 0 heterocycles. The first-order chi connectivity index (χ1) is 11.0. The standard InChI is InChI=1S/C19H21FN2O/c1-12-3-8-17(11-13(12)2)21-18(19(23)22-16-9-10-16)14-4-6-15(20)7-5-14/h3-8,11,16,18,21H,9-10H2,1-2H3,(H,22,23). The maximum atomic E-state index is 13.2. The molecule has 120 valence electrons. The van der Waals surface area contributed by atoms with Gasteiger partial charge in [-0.2, -0.15) is 0 Å². The molecule has 0 saturated heterocycles. The van der Waals surface area contributed by atoms with Crippen LogP contribution >= 0.6 is 0 Å². The zero-order chi connectivity index (χ0) is 16.4. The normalized spacial score (nSPS) is 15.1. The Hall–Kier alpha value is -2.36. The average molecular weight is 312 g/mol. The van der Waals surface area contributed by atoms with Gasteiger partial charge in [0, 0.05) is 11.7 Å². The number of carbonyl (C=O) groups excluding carboxylic acids is 1. The number of nitrogens with one attached hydrogen (secondary N) is 2. The molecule has 1 unspecified atom stereocenters. The number of aryl methyl sites for hydroxylation is 2. The van der Waals surface area contributed by atoms with Gasteiger partial charge in [-0.1, -0.05) is 18.2 Å². The molecule has 2 aromatic rings. The van der Waals surface area contributed by atoms with E-state index in [2.05, 4.69) is 17.6 Å². The van der Waals surface area contributed by atoms with Gasteiger partial charge >= 0.3 is 0 Å². The summed E-state index contributed by atoms with van der Waals surface area (Å²) in [6.45, 7) is 4.09. The smallest absolute Gasteiger partial charge is 0.247 e. The molecule has 4 heteroatoms. The molecule has 2 N–H and O–H groups in total. The second kappa shape index (κ2) is 6.41. The van der Waals surface area contributed by atoms with Crippen molar-refractivity contribution in [3.63, 3.8) is 0 Å². The minimum Gasteiger partial charge on any atom is -0.370 e. The van der Waals surface area contributed by atoms with Gasteiger partial charge in [-0.3, -0.25) is 4.79 Å². The lowest BCUT2D eigenvalue weighted by Crippen LogP contribution is -2.34. The molecule has 1 saturated carbocycles. The number of amides is 1. The predicted octanol–water partition coefficient (Wildman–Crippen LogP) is 3.87. The first-order valence-corrected chi connectivity index (χ1v) is 7.92. The molecular weight excluding hydrogens is 291 g/mol. The molecule has 0 radical (unpaired) electrons. The van der Waals surface area contributed by atoms with Crippen LogP contribution < -0.4 is 10.6 Å². The largest absolute Gasteiger partial charge is 0.370 e. The summed E-state index contributed by atoms with van der Waals surface area (Å²) < 4.78 is 13.2. The zero-order valence-corrected chi connectivity index (χ0v) is 13.4. The lowest BCUT2D eigenvalue weighted by atomic mass is 10.0. The maximum absolute atomic E-state index is 13.2. The highest BCUT2D eigenvalue weighted by Gasteiger charge is 2.28. The van der Waals surface area contributed by atoms with Crippen LogP contribution in [0.3, 0.4) is 0 Å². The fourth-order valence-electron chi connectivity index (χ4n) is 2.47. The third-order valence-electron chi connectivity index (χ3n) is 4.21. The van der Waals surface area contributed by atoms with Crippen molar-refractivity contribution < 1.29 is 9.18 Å². The Kier molecular flexibility index (Phi) is 4.33. The van der Waals surface area contributed by atoms with E-state index in [1.807, 2.05) is 25.1 Å². The third-order valence-corrected chi connectivity index (χ3v) is 4.21. The van der Waals surface area contributed by atoms with Crippen LogP contribution in [0.1, 0.15) is 35.6 Å². The Labute approximate surface area is 135 Å². The van der Waals surface area contributed by atoms with E-state index >= 15 is 0 Å². The quantitative estimate of drug-likeness (QED) is 0.880. The summed E-state index contributed by atoms with van der Waals surface area (Å²) >= 11 is 0. The first-order valence-electron chi connectivity index (χ1n) is 7.92. The molecular formula is C19H21FN2O. The summed E-state index contributed by atoms with van der Waals surface area (Å²) in [6.07, 6.45) is 2.07. The van der Waals surface area contributed by atoms with Crippen LogP contribution in [0.4, 0.5) is 10.1 Å². The highest BCUT2D eigenvalue weighted by Crippen LogP contribution is 2.25.